The van der Waals surface area contributed by atoms with Crippen LogP contribution >= 0.6 is 0 Å². The SMILES string of the molecule is O.[NH2-].[NH2-].[Pd+2]. The van der Waals surface area contributed by atoms with Crippen molar-refractivity contribution in [2.45, 2.75) is 0 Å². The van der Waals surface area contributed by atoms with Gasteiger partial charge in [0.15, 0.2) is 0 Å². The van der Waals surface area contributed by atoms with Crippen molar-refractivity contribution >= 4 is 0 Å². The van der Waals surface area contributed by atoms with E-state index in [0.717, 1.165) is 0 Å². The summed E-state index contributed by atoms with van der Waals surface area (Å²) in [5, 5.41) is 0. The van der Waals surface area contributed by atoms with Crippen LogP contribution < -0.4 is 0 Å². The Labute approximate surface area is 38.9 Å². The summed E-state index contributed by atoms with van der Waals surface area (Å²) < 4.78 is 0. The Balaban J connectivity index is 0. The third-order valence-corrected chi connectivity index (χ3v) is 0. The zero-order valence-corrected chi connectivity index (χ0v) is 3.53. The van der Waals surface area contributed by atoms with Gasteiger partial charge >= 0.3 is 20.4 Å². The molecular weight excluding hydrogens is 150 g/mol. The van der Waals surface area contributed by atoms with E-state index in [0.29, 0.717) is 0 Å². The average Bonchev–Trinajstić information content (AvgIpc) is 0. The van der Waals surface area contributed by atoms with E-state index in [1.165, 1.54) is 0 Å². The van der Waals surface area contributed by atoms with Gasteiger partial charge in [0.25, 0.3) is 0 Å². The molecule has 0 bridgehead atoms. The molecule has 0 rings (SSSR count). The van der Waals surface area contributed by atoms with E-state index >= 15 is 0 Å². The summed E-state index contributed by atoms with van der Waals surface area (Å²) in [7, 11) is 0. The minimum Gasteiger partial charge on any atom is -0.693 e. The largest absolute Gasteiger partial charge is 2.00 e. The second-order valence-corrected chi connectivity index (χ2v) is 0. The van der Waals surface area contributed by atoms with Crippen molar-refractivity contribution in [1.29, 1.82) is 0 Å². The van der Waals surface area contributed by atoms with E-state index < -0.39 is 0 Å². The average molecular weight is 156 g/mol. The number of hydrogen-bond acceptors (Lipinski definition) is 0. The molecule has 0 aliphatic rings. The van der Waals surface area contributed by atoms with Crippen molar-refractivity contribution in [2.75, 3.05) is 0 Å². The summed E-state index contributed by atoms with van der Waals surface area (Å²) in [6.45, 7) is 0. The topological polar surface area (TPSA) is 98.5 Å². The second kappa shape index (κ2) is 77.8. The Morgan fingerprint density at radius 3 is 0.750 bits per heavy atom. The molecule has 0 aliphatic heterocycles. The molecule has 0 aromatic heterocycles. The second-order valence-electron chi connectivity index (χ2n) is 0. The molecule has 0 saturated carbocycles. The predicted molar refractivity (Wildman–Crippen MR) is 14.2 cm³/mol. The van der Waals surface area contributed by atoms with Crippen molar-refractivity contribution in [2.24, 2.45) is 0 Å². The van der Waals surface area contributed by atoms with Gasteiger partial charge in [-0.15, -0.1) is 0 Å². The van der Waals surface area contributed by atoms with Crippen LogP contribution in [0.4, 0.5) is 0 Å². The zero-order chi connectivity index (χ0) is 0. The third-order valence-electron chi connectivity index (χ3n) is 0. The molecule has 6 N–H and O–H groups in total. The number of nitrogens with two attached hydrogens (primary N) is 2. The van der Waals surface area contributed by atoms with Crippen LogP contribution in [0.3, 0.4) is 0 Å². The molecule has 0 aliphatic carbocycles. The van der Waals surface area contributed by atoms with Crippen molar-refractivity contribution < 1.29 is 25.9 Å². The van der Waals surface area contributed by atoms with Gasteiger partial charge < -0.3 is 17.8 Å². The molecule has 0 heterocycles. The summed E-state index contributed by atoms with van der Waals surface area (Å²) in [4.78, 5) is 0. The van der Waals surface area contributed by atoms with Crippen molar-refractivity contribution in [3.05, 3.63) is 12.3 Å². The Bertz CT molecular complexity index is 6.00. The van der Waals surface area contributed by atoms with Gasteiger partial charge in [-0.05, 0) is 0 Å². The molecule has 0 aromatic rings. The van der Waals surface area contributed by atoms with Crippen LogP contribution in [0, 0.1) is 0 Å². The van der Waals surface area contributed by atoms with E-state index in [4.69, 9.17) is 0 Å². The molecule has 4 heavy (non-hydrogen) atoms. The minimum absolute atomic E-state index is 0. The van der Waals surface area contributed by atoms with E-state index in [-0.39, 0.29) is 38.2 Å². The molecule has 0 unspecified atom stereocenters. The summed E-state index contributed by atoms with van der Waals surface area (Å²) >= 11 is 0. The van der Waals surface area contributed by atoms with Crippen molar-refractivity contribution in [3.8, 4) is 0 Å². The maximum absolute atomic E-state index is 0. The monoisotopic (exact) mass is 156 g/mol. The van der Waals surface area contributed by atoms with Gasteiger partial charge in [-0.2, -0.15) is 0 Å². The standard InChI is InChI=1S/2H2N.H2O.Pd/h3*1H2;/q2*-1;;+2. The smallest absolute Gasteiger partial charge is 0.693 e. The molecule has 0 atom stereocenters. The Morgan fingerprint density at radius 2 is 0.750 bits per heavy atom. The van der Waals surface area contributed by atoms with Crippen LogP contribution in [0.15, 0.2) is 0 Å². The Morgan fingerprint density at radius 1 is 0.750 bits per heavy atom. The van der Waals surface area contributed by atoms with Gasteiger partial charge in [0, 0.05) is 0 Å². The van der Waals surface area contributed by atoms with Gasteiger partial charge in [0.05, 0.1) is 0 Å². The van der Waals surface area contributed by atoms with Gasteiger partial charge in [0.1, 0.15) is 0 Å². The van der Waals surface area contributed by atoms with Crippen LogP contribution in [0.25, 0.3) is 12.3 Å². The van der Waals surface area contributed by atoms with Crippen LogP contribution in [0.2, 0.25) is 0 Å². The molecule has 0 aromatic carbocycles. The molecule has 0 saturated heterocycles. The van der Waals surface area contributed by atoms with Crippen LogP contribution in [-0.4, -0.2) is 5.48 Å². The fraction of sp³-hybridized carbons (Fsp3) is 0. The zero-order valence-electron chi connectivity index (χ0n) is 1.97. The molecule has 4 heteroatoms. The van der Waals surface area contributed by atoms with Crippen LogP contribution in [0.1, 0.15) is 0 Å². The summed E-state index contributed by atoms with van der Waals surface area (Å²) in [6.07, 6.45) is 0. The van der Waals surface area contributed by atoms with E-state index in [2.05, 4.69) is 0 Å². The first-order chi connectivity index (χ1) is 0. The molecule has 3 nitrogen and oxygen atoms in total. The first-order valence-electron chi connectivity index (χ1n) is 0. The van der Waals surface area contributed by atoms with Crippen molar-refractivity contribution in [3.63, 3.8) is 0 Å². The molecule has 0 fully saturated rings. The molecule has 0 spiro atoms. The molecule has 0 amide bonds. The van der Waals surface area contributed by atoms with E-state index in [9.17, 15) is 0 Å². The fourth-order valence-corrected chi connectivity index (χ4v) is 0. The first kappa shape index (κ1) is 194. The maximum atomic E-state index is 0. The minimum atomic E-state index is 0. The quantitative estimate of drug-likeness (QED) is 0.459. The van der Waals surface area contributed by atoms with Crippen molar-refractivity contribution in [1.82, 2.24) is 0 Å². The van der Waals surface area contributed by atoms with Crippen LogP contribution in [-0.2, 0) is 20.4 Å². The van der Waals surface area contributed by atoms with Gasteiger partial charge in [-0.25, -0.2) is 0 Å². The predicted octanol–water partition coefficient (Wildman–Crippen LogP) is 0.607. The fourth-order valence-electron chi connectivity index (χ4n) is 0. The van der Waals surface area contributed by atoms with E-state index in [1.54, 1.807) is 0 Å². The Kier molecular flexibility index (Phi) is 3770. The molecule has 0 radical (unpaired) electrons. The normalized spacial score (nSPS) is 0. The van der Waals surface area contributed by atoms with Gasteiger partial charge in [-0.1, -0.05) is 0 Å². The summed E-state index contributed by atoms with van der Waals surface area (Å²) in [6, 6.07) is 0. The number of rotatable bonds is 0. The maximum Gasteiger partial charge on any atom is 2.00 e. The number of hydrogen-bond donors (Lipinski definition) is 0. The van der Waals surface area contributed by atoms with E-state index in [1.807, 2.05) is 0 Å². The first-order valence-corrected chi connectivity index (χ1v) is 0. The summed E-state index contributed by atoms with van der Waals surface area (Å²) in [5.41, 5.74) is 0. The van der Waals surface area contributed by atoms with Crippen LogP contribution in [0.5, 0.6) is 0 Å². The molecule has 32 valence electrons. The van der Waals surface area contributed by atoms with Gasteiger partial charge in [0.2, 0.25) is 0 Å². The molecular formula is H6N2OPd. The third kappa shape index (κ3) is 20.6. The summed E-state index contributed by atoms with van der Waals surface area (Å²) in [5.74, 6) is 0. The van der Waals surface area contributed by atoms with Gasteiger partial charge in [-0.3, -0.25) is 0 Å². The Hall–Kier alpha value is 0.542.